The van der Waals surface area contributed by atoms with Crippen molar-refractivity contribution in [1.82, 2.24) is 4.90 Å². The van der Waals surface area contributed by atoms with Crippen LogP contribution in [0.15, 0.2) is 48.5 Å². The highest BCUT2D eigenvalue weighted by Crippen LogP contribution is 2.44. The van der Waals surface area contributed by atoms with Crippen LogP contribution in [0.2, 0.25) is 0 Å². The summed E-state index contributed by atoms with van der Waals surface area (Å²) >= 11 is 0. The van der Waals surface area contributed by atoms with Gasteiger partial charge < -0.3 is 14.9 Å². The van der Waals surface area contributed by atoms with Crippen molar-refractivity contribution in [1.29, 1.82) is 0 Å². The van der Waals surface area contributed by atoms with Crippen molar-refractivity contribution in [2.75, 3.05) is 13.2 Å². The lowest BCUT2D eigenvalue weighted by Crippen LogP contribution is -2.41. The molecule has 0 radical (unpaired) electrons. The second-order valence-electron chi connectivity index (χ2n) is 6.70. The molecule has 2 aromatic carbocycles. The average molecular weight is 353 g/mol. The molecule has 0 saturated carbocycles. The number of nitrogens with zero attached hydrogens (tertiary/aromatic N) is 1. The first-order valence-electron chi connectivity index (χ1n) is 8.58. The number of β-amino-alcohol motifs (C(OH)–C–C–N with tert-alkyl or cyclic N) is 1. The van der Waals surface area contributed by atoms with Gasteiger partial charge in [-0.15, -0.1) is 0 Å². The normalized spacial score (nSPS) is 21.3. The van der Waals surface area contributed by atoms with Gasteiger partial charge in [0.05, 0.1) is 12.6 Å². The minimum atomic E-state index is -1.13. The molecule has 2 N–H and O–H groups in total. The second-order valence-corrected chi connectivity index (χ2v) is 6.70. The number of hydrogen-bond acceptors (Lipinski definition) is 4. The number of carbonyl (C=O) groups is 2. The Morgan fingerprint density at radius 2 is 1.62 bits per heavy atom. The third-order valence-electron chi connectivity index (χ3n) is 5.13. The number of aliphatic hydroxyl groups is 1. The predicted molar refractivity (Wildman–Crippen MR) is 93.8 cm³/mol. The van der Waals surface area contributed by atoms with Gasteiger partial charge in [0.2, 0.25) is 0 Å². The number of hydrogen-bond donors (Lipinski definition) is 2. The van der Waals surface area contributed by atoms with E-state index < -0.39 is 24.2 Å². The summed E-state index contributed by atoms with van der Waals surface area (Å²) in [6, 6.07) is 15.0. The molecule has 0 aromatic heterocycles. The van der Waals surface area contributed by atoms with E-state index >= 15 is 0 Å². The molecule has 1 saturated heterocycles. The maximum absolute atomic E-state index is 12.4. The molecule has 1 heterocycles. The van der Waals surface area contributed by atoms with Gasteiger partial charge in [0.15, 0.2) is 0 Å². The van der Waals surface area contributed by atoms with Crippen LogP contribution in [0.4, 0.5) is 4.79 Å². The number of amides is 1. The van der Waals surface area contributed by atoms with E-state index in [9.17, 15) is 19.8 Å². The van der Waals surface area contributed by atoms with Gasteiger partial charge in [0, 0.05) is 12.3 Å². The Hall–Kier alpha value is -2.86. The Labute approximate surface area is 150 Å². The van der Waals surface area contributed by atoms with Gasteiger partial charge in [0.25, 0.3) is 0 Å². The molecular formula is C20H19NO5. The summed E-state index contributed by atoms with van der Waals surface area (Å²) < 4.78 is 5.46. The van der Waals surface area contributed by atoms with E-state index in [-0.39, 0.29) is 25.5 Å². The zero-order valence-corrected chi connectivity index (χ0v) is 14.0. The molecule has 2 unspecified atom stereocenters. The highest BCUT2D eigenvalue weighted by Gasteiger charge is 2.40. The molecule has 0 spiro atoms. The molecule has 6 heteroatoms. The van der Waals surface area contributed by atoms with Crippen LogP contribution in [0.5, 0.6) is 0 Å². The molecule has 2 aliphatic rings. The molecule has 0 bridgehead atoms. The van der Waals surface area contributed by atoms with Crippen molar-refractivity contribution in [2.45, 2.75) is 24.5 Å². The van der Waals surface area contributed by atoms with E-state index in [0.29, 0.717) is 0 Å². The minimum absolute atomic E-state index is 0.0202. The summed E-state index contributed by atoms with van der Waals surface area (Å²) in [6.07, 6.45) is -1.51. The van der Waals surface area contributed by atoms with E-state index in [1.807, 2.05) is 48.5 Å². The number of benzene rings is 2. The fourth-order valence-electron chi connectivity index (χ4n) is 3.93. The number of carbonyl (C=O) groups excluding carboxylic acids is 1. The Balaban J connectivity index is 1.53. The topological polar surface area (TPSA) is 87.1 Å². The van der Waals surface area contributed by atoms with Crippen molar-refractivity contribution >= 4 is 12.1 Å². The predicted octanol–water partition coefficient (Wildman–Crippen LogP) is 2.46. The fourth-order valence-corrected chi connectivity index (χ4v) is 3.93. The number of fused-ring (bicyclic) bond motifs is 3. The van der Waals surface area contributed by atoms with Crippen LogP contribution in [0.1, 0.15) is 23.5 Å². The van der Waals surface area contributed by atoms with E-state index in [2.05, 4.69) is 0 Å². The summed E-state index contributed by atoms with van der Waals surface area (Å²) in [5.74, 6) is -1.21. The molecule has 1 aliphatic heterocycles. The first kappa shape index (κ1) is 16.6. The highest BCUT2D eigenvalue weighted by molar-refractivity contribution is 5.81. The molecule has 1 fully saturated rings. The lowest BCUT2D eigenvalue weighted by atomic mass is 9.98. The number of ether oxygens (including phenoxy) is 1. The van der Waals surface area contributed by atoms with Crippen molar-refractivity contribution in [2.24, 2.45) is 0 Å². The van der Waals surface area contributed by atoms with Crippen LogP contribution in [0.3, 0.4) is 0 Å². The van der Waals surface area contributed by atoms with Gasteiger partial charge in [-0.25, -0.2) is 9.59 Å². The van der Waals surface area contributed by atoms with Gasteiger partial charge in [0.1, 0.15) is 12.6 Å². The molecule has 4 rings (SSSR count). The lowest BCUT2D eigenvalue weighted by Gasteiger charge is -2.22. The number of carboxylic acid groups (broad SMARTS) is 1. The molecule has 2 aromatic rings. The van der Waals surface area contributed by atoms with E-state index in [4.69, 9.17) is 4.74 Å². The number of aliphatic carboxylic acids is 1. The summed E-state index contributed by atoms with van der Waals surface area (Å²) in [7, 11) is 0. The summed E-state index contributed by atoms with van der Waals surface area (Å²) in [4.78, 5) is 24.8. The summed E-state index contributed by atoms with van der Waals surface area (Å²) in [6.45, 7) is 0.111. The molecular weight excluding hydrogens is 334 g/mol. The van der Waals surface area contributed by atoms with Gasteiger partial charge in [-0.1, -0.05) is 48.5 Å². The van der Waals surface area contributed by atoms with Crippen molar-refractivity contribution in [3.8, 4) is 11.1 Å². The van der Waals surface area contributed by atoms with E-state index in [1.165, 1.54) is 0 Å². The van der Waals surface area contributed by atoms with Crippen LogP contribution in [-0.4, -0.2) is 52.5 Å². The highest BCUT2D eigenvalue weighted by atomic mass is 16.6. The van der Waals surface area contributed by atoms with Gasteiger partial charge in [-0.3, -0.25) is 4.90 Å². The second kappa shape index (κ2) is 6.46. The monoisotopic (exact) mass is 353 g/mol. The lowest BCUT2D eigenvalue weighted by molar-refractivity contribution is -0.141. The largest absolute Gasteiger partial charge is 0.480 e. The van der Waals surface area contributed by atoms with Crippen molar-refractivity contribution < 1.29 is 24.5 Å². The van der Waals surface area contributed by atoms with Gasteiger partial charge in [-0.2, -0.15) is 0 Å². The fraction of sp³-hybridized carbons (Fsp3) is 0.300. The van der Waals surface area contributed by atoms with Crippen molar-refractivity contribution in [3.63, 3.8) is 0 Å². The van der Waals surface area contributed by atoms with Crippen LogP contribution >= 0.6 is 0 Å². The Morgan fingerprint density at radius 3 is 2.19 bits per heavy atom. The number of carboxylic acids is 1. The first-order chi connectivity index (χ1) is 12.6. The average Bonchev–Trinajstić information content (AvgIpc) is 3.18. The molecule has 134 valence electrons. The maximum atomic E-state index is 12.4. The molecule has 6 nitrogen and oxygen atoms in total. The summed E-state index contributed by atoms with van der Waals surface area (Å²) in [5, 5.41) is 18.9. The first-order valence-corrected chi connectivity index (χ1v) is 8.58. The molecule has 1 amide bonds. The molecule has 2 atom stereocenters. The molecule has 26 heavy (non-hydrogen) atoms. The Bertz CT molecular complexity index is 819. The number of aliphatic hydroxyl groups excluding tert-OH is 1. The van der Waals surface area contributed by atoms with Crippen LogP contribution in [0.25, 0.3) is 11.1 Å². The van der Waals surface area contributed by atoms with Crippen LogP contribution in [0, 0.1) is 0 Å². The van der Waals surface area contributed by atoms with Crippen LogP contribution in [-0.2, 0) is 9.53 Å². The standard InChI is InChI=1S/C20H19NO5/c22-12-9-18(19(23)24)21(10-12)20(25)26-11-17-15-7-3-1-5-13(15)14-6-2-4-8-16(14)17/h1-8,12,17-18,22H,9-11H2,(H,23,24). The SMILES string of the molecule is O=C(O)C1CC(O)CN1C(=O)OCC1c2ccccc2-c2ccccc21. The number of rotatable bonds is 3. The quantitative estimate of drug-likeness (QED) is 0.885. The van der Waals surface area contributed by atoms with Crippen LogP contribution < -0.4 is 0 Å². The third-order valence-corrected chi connectivity index (χ3v) is 5.13. The van der Waals surface area contributed by atoms with Gasteiger partial charge >= 0.3 is 12.1 Å². The zero-order chi connectivity index (χ0) is 18.3. The minimum Gasteiger partial charge on any atom is -0.480 e. The van der Waals surface area contributed by atoms with Gasteiger partial charge in [-0.05, 0) is 22.3 Å². The Morgan fingerprint density at radius 1 is 1.04 bits per heavy atom. The number of likely N-dealkylation sites (tertiary alicyclic amines) is 1. The van der Waals surface area contributed by atoms with Crippen molar-refractivity contribution in [3.05, 3.63) is 59.7 Å². The Kier molecular flexibility index (Phi) is 4.12. The van der Waals surface area contributed by atoms with E-state index in [0.717, 1.165) is 27.2 Å². The zero-order valence-electron chi connectivity index (χ0n) is 14.0. The smallest absolute Gasteiger partial charge is 0.410 e. The van der Waals surface area contributed by atoms with E-state index in [1.54, 1.807) is 0 Å². The molecule has 1 aliphatic carbocycles. The maximum Gasteiger partial charge on any atom is 0.410 e. The third kappa shape index (κ3) is 2.72. The summed E-state index contributed by atoms with van der Waals surface area (Å²) in [5.41, 5.74) is 4.45.